The Bertz CT molecular complexity index is 76.5. The molecule has 0 aromatic carbocycles. The van der Waals surface area contributed by atoms with Crippen LogP contribution in [0.3, 0.4) is 0 Å². The lowest BCUT2D eigenvalue weighted by atomic mass is 10.3. The van der Waals surface area contributed by atoms with Crippen LogP contribution < -0.4 is 0 Å². The molecule has 0 saturated carbocycles. The average molecular weight is 240 g/mol. The third-order valence-corrected chi connectivity index (χ3v) is 3.35. The van der Waals surface area contributed by atoms with E-state index in [1.165, 1.54) is 0 Å². The molecule has 0 aromatic rings. The van der Waals surface area contributed by atoms with Crippen molar-refractivity contribution in [3.8, 4) is 0 Å². The van der Waals surface area contributed by atoms with Crippen molar-refractivity contribution in [2.75, 3.05) is 0 Å². The maximum Gasteiger partial charge on any atom is 0.0483 e. The van der Waals surface area contributed by atoms with Crippen LogP contribution in [0.1, 0.15) is 0 Å². The second-order valence-corrected chi connectivity index (χ2v) is 3.47. The molecule has 0 saturated heterocycles. The van der Waals surface area contributed by atoms with E-state index in [9.17, 15) is 0 Å². The summed E-state index contributed by atoms with van der Waals surface area (Å²) in [5.74, 6) is 0. The van der Waals surface area contributed by atoms with Crippen molar-refractivity contribution >= 4 is 31.9 Å². The van der Waals surface area contributed by atoms with Crippen molar-refractivity contribution < 1.29 is 0 Å². The summed E-state index contributed by atoms with van der Waals surface area (Å²) in [7, 11) is 0. The molecular weight excluding hydrogens is 232 g/mol. The summed E-state index contributed by atoms with van der Waals surface area (Å²) < 4.78 is 0. The summed E-state index contributed by atoms with van der Waals surface area (Å²) in [5.41, 5.74) is 0. The minimum atomic E-state index is 0.292. The molecule has 0 spiro atoms. The second kappa shape index (κ2) is 4.33. The highest BCUT2D eigenvalue weighted by Crippen LogP contribution is 2.15. The summed E-state index contributed by atoms with van der Waals surface area (Å²) in [6.45, 7) is 7.21. The number of rotatable bonds is 3. The normalized spacial score (nSPS) is 16.8. The Hall–Kier alpha value is 0.440. The summed E-state index contributed by atoms with van der Waals surface area (Å²) in [6.07, 6.45) is 3.64. The Balaban J connectivity index is 3.60. The standard InChI is InChI=1S/C6H8Br2/c1-3-5(7)6(8)4-2/h3-6H,1-2H2. The monoisotopic (exact) mass is 238 g/mol. The number of allylic oxidation sites excluding steroid dienone is 2. The third-order valence-electron chi connectivity index (χ3n) is 0.755. The van der Waals surface area contributed by atoms with E-state index in [2.05, 4.69) is 45.0 Å². The molecule has 0 radical (unpaired) electrons. The fourth-order valence-corrected chi connectivity index (χ4v) is 0.692. The Morgan fingerprint density at radius 1 is 1.00 bits per heavy atom. The maximum atomic E-state index is 3.60. The average Bonchev–Trinajstić information content (AvgIpc) is 1.84. The summed E-state index contributed by atoms with van der Waals surface area (Å²) >= 11 is 6.73. The first-order chi connectivity index (χ1) is 3.72. The van der Waals surface area contributed by atoms with Gasteiger partial charge in [0.25, 0.3) is 0 Å². The van der Waals surface area contributed by atoms with Gasteiger partial charge in [0.1, 0.15) is 0 Å². The van der Waals surface area contributed by atoms with E-state index in [1.807, 2.05) is 12.2 Å². The van der Waals surface area contributed by atoms with Gasteiger partial charge in [0.05, 0.1) is 0 Å². The van der Waals surface area contributed by atoms with Crippen LogP contribution in [-0.2, 0) is 0 Å². The predicted molar refractivity (Wildman–Crippen MR) is 45.8 cm³/mol. The topological polar surface area (TPSA) is 0 Å². The van der Waals surface area contributed by atoms with Gasteiger partial charge in [-0.1, -0.05) is 44.0 Å². The zero-order valence-electron chi connectivity index (χ0n) is 4.48. The van der Waals surface area contributed by atoms with Crippen LogP contribution in [0.25, 0.3) is 0 Å². The molecule has 0 aromatic heterocycles. The SMILES string of the molecule is C=CC(Br)C(Br)C=C. The van der Waals surface area contributed by atoms with Gasteiger partial charge in [-0.15, -0.1) is 13.2 Å². The Morgan fingerprint density at radius 3 is 1.38 bits per heavy atom. The van der Waals surface area contributed by atoms with Gasteiger partial charge in [-0.3, -0.25) is 0 Å². The lowest BCUT2D eigenvalue weighted by Gasteiger charge is -2.04. The Kier molecular flexibility index (Phi) is 4.57. The summed E-state index contributed by atoms with van der Waals surface area (Å²) in [4.78, 5) is 0.583. The first-order valence-corrected chi connectivity index (χ1v) is 4.08. The quantitative estimate of drug-likeness (QED) is 0.525. The zero-order valence-corrected chi connectivity index (χ0v) is 7.65. The third kappa shape index (κ3) is 2.68. The van der Waals surface area contributed by atoms with Crippen LogP contribution in [0.15, 0.2) is 25.3 Å². The van der Waals surface area contributed by atoms with Gasteiger partial charge in [0.15, 0.2) is 0 Å². The van der Waals surface area contributed by atoms with Crippen LogP contribution in [0.5, 0.6) is 0 Å². The largest absolute Gasteiger partial charge is 0.102 e. The fourth-order valence-electron chi connectivity index (χ4n) is 0.260. The van der Waals surface area contributed by atoms with E-state index in [-0.39, 0.29) is 0 Å². The second-order valence-electron chi connectivity index (χ2n) is 1.36. The Labute approximate surface area is 66.9 Å². The van der Waals surface area contributed by atoms with Crippen LogP contribution in [0.4, 0.5) is 0 Å². The molecule has 0 heterocycles. The van der Waals surface area contributed by atoms with Gasteiger partial charge in [0.2, 0.25) is 0 Å². The molecule has 46 valence electrons. The van der Waals surface area contributed by atoms with Crippen molar-refractivity contribution in [1.82, 2.24) is 0 Å². The molecule has 0 aliphatic carbocycles. The minimum Gasteiger partial charge on any atom is -0.102 e. The van der Waals surface area contributed by atoms with Gasteiger partial charge in [-0.2, -0.15) is 0 Å². The Morgan fingerprint density at radius 2 is 1.25 bits per heavy atom. The maximum absolute atomic E-state index is 3.60. The van der Waals surface area contributed by atoms with Gasteiger partial charge in [0, 0.05) is 9.65 Å². The van der Waals surface area contributed by atoms with Gasteiger partial charge in [-0.05, 0) is 0 Å². The highest BCUT2D eigenvalue weighted by molar-refractivity contribution is 9.12. The number of hydrogen-bond donors (Lipinski definition) is 0. The first kappa shape index (κ1) is 8.44. The van der Waals surface area contributed by atoms with E-state index in [1.54, 1.807) is 0 Å². The van der Waals surface area contributed by atoms with Crippen molar-refractivity contribution in [2.45, 2.75) is 9.65 Å². The molecular formula is C6H8Br2. The highest BCUT2D eigenvalue weighted by atomic mass is 79.9. The number of hydrogen-bond acceptors (Lipinski definition) is 0. The van der Waals surface area contributed by atoms with Gasteiger partial charge >= 0.3 is 0 Å². The molecule has 0 aliphatic heterocycles. The van der Waals surface area contributed by atoms with Crippen LogP contribution in [-0.4, -0.2) is 9.65 Å². The molecule has 2 atom stereocenters. The first-order valence-electron chi connectivity index (χ1n) is 2.25. The van der Waals surface area contributed by atoms with E-state index in [0.29, 0.717) is 9.65 Å². The highest BCUT2D eigenvalue weighted by Gasteiger charge is 2.05. The molecule has 0 nitrogen and oxygen atoms in total. The molecule has 0 N–H and O–H groups in total. The van der Waals surface area contributed by atoms with Crippen molar-refractivity contribution in [3.63, 3.8) is 0 Å². The minimum absolute atomic E-state index is 0.292. The van der Waals surface area contributed by atoms with Crippen LogP contribution in [0, 0.1) is 0 Å². The van der Waals surface area contributed by atoms with Gasteiger partial charge in [-0.25, -0.2) is 0 Å². The molecule has 0 aliphatic rings. The van der Waals surface area contributed by atoms with Gasteiger partial charge < -0.3 is 0 Å². The van der Waals surface area contributed by atoms with E-state index in [4.69, 9.17) is 0 Å². The lowest BCUT2D eigenvalue weighted by Crippen LogP contribution is -2.05. The number of halogens is 2. The molecule has 0 amide bonds. The smallest absolute Gasteiger partial charge is 0.0483 e. The molecule has 2 unspecified atom stereocenters. The van der Waals surface area contributed by atoms with Crippen LogP contribution in [0.2, 0.25) is 0 Å². The molecule has 2 heteroatoms. The molecule has 0 rings (SSSR count). The van der Waals surface area contributed by atoms with Crippen molar-refractivity contribution in [3.05, 3.63) is 25.3 Å². The molecule has 8 heavy (non-hydrogen) atoms. The van der Waals surface area contributed by atoms with E-state index < -0.39 is 0 Å². The molecule has 0 bridgehead atoms. The lowest BCUT2D eigenvalue weighted by molar-refractivity contribution is 1.14. The molecule has 0 fully saturated rings. The fraction of sp³-hybridized carbons (Fsp3) is 0.333. The number of alkyl halides is 2. The predicted octanol–water partition coefficient (Wildman–Crippen LogP) is 2.89. The van der Waals surface area contributed by atoms with E-state index >= 15 is 0 Å². The van der Waals surface area contributed by atoms with E-state index in [0.717, 1.165) is 0 Å². The summed E-state index contributed by atoms with van der Waals surface area (Å²) in [6, 6.07) is 0. The zero-order chi connectivity index (χ0) is 6.57. The van der Waals surface area contributed by atoms with Crippen LogP contribution >= 0.6 is 31.9 Å². The van der Waals surface area contributed by atoms with Crippen molar-refractivity contribution in [2.24, 2.45) is 0 Å². The summed E-state index contributed by atoms with van der Waals surface area (Å²) in [5, 5.41) is 0. The van der Waals surface area contributed by atoms with Crippen molar-refractivity contribution in [1.29, 1.82) is 0 Å².